The van der Waals surface area contributed by atoms with Crippen LogP contribution in [0.2, 0.25) is 5.02 Å². The quantitative estimate of drug-likeness (QED) is 0.863. The highest BCUT2D eigenvalue weighted by atomic mass is 35.5. The number of aryl methyl sites for hydroxylation is 1. The van der Waals surface area contributed by atoms with Crippen LogP contribution < -0.4 is 10.5 Å². The zero-order valence-corrected chi connectivity index (χ0v) is 13.4. The summed E-state index contributed by atoms with van der Waals surface area (Å²) in [6.07, 6.45) is 1.86. The number of halogens is 1. The van der Waals surface area contributed by atoms with E-state index in [4.69, 9.17) is 22.1 Å². The SMILES string of the molecule is CCc1ccc(CC(N)C(C)Oc2cccc(Cl)c2)s1. The molecular formula is C16H20ClNOS. The van der Waals surface area contributed by atoms with Gasteiger partial charge in [0.15, 0.2) is 0 Å². The number of thiophene rings is 1. The van der Waals surface area contributed by atoms with Crippen LogP contribution in [0.3, 0.4) is 0 Å². The molecule has 0 aliphatic rings. The molecule has 0 saturated carbocycles. The van der Waals surface area contributed by atoms with E-state index in [9.17, 15) is 0 Å². The Hall–Kier alpha value is -1.03. The lowest BCUT2D eigenvalue weighted by Gasteiger charge is -2.21. The zero-order chi connectivity index (χ0) is 14.5. The summed E-state index contributed by atoms with van der Waals surface area (Å²) in [5.74, 6) is 0.765. The second-order valence-corrected chi connectivity index (χ2v) is 6.56. The van der Waals surface area contributed by atoms with Gasteiger partial charge in [-0.25, -0.2) is 0 Å². The van der Waals surface area contributed by atoms with Gasteiger partial charge in [-0.2, -0.15) is 0 Å². The van der Waals surface area contributed by atoms with Gasteiger partial charge in [0.1, 0.15) is 11.9 Å². The molecule has 0 saturated heterocycles. The third kappa shape index (κ3) is 4.23. The molecule has 0 fully saturated rings. The Balaban J connectivity index is 1.93. The summed E-state index contributed by atoms with van der Waals surface area (Å²) in [6.45, 7) is 4.17. The molecular weight excluding hydrogens is 290 g/mol. The van der Waals surface area contributed by atoms with E-state index in [0.717, 1.165) is 18.6 Å². The molecule has 0 radical (unpaired) electrons. The molecule has 0 aliphatic carbocycles. The van der Waals surface area contributed by atoms with Gasteiger partial charge in [-0.3, -0.25) is 0 Å². The minimum absolute atomic E-state index is 0.0302. The average Bonchev–Trinajstić information content (AvgIpc) is 2.86. The van der Waals surface area contributed by atoms with Crippen molar-refractivity contribution >= 4 is 22.9 Å². The van der Waals surface area contributed by atoms with E-state index in [1.807, 2.05) is 42.5 Å². The van der Waals surface area contributed by atoms with Crippen molar-refractivity contribution in [2.75, 3.05) is 0 Å². The predicted octanol–water partition coefficient (Wildman–Crippen LogP) is 4.30. The summed E-state index contributed by atoms with van der Waals surface area (Å²) in [4.78, 5) is 2.71. The molecule has 2 N–H and O–H groups in total. The summed E-state index contributed by atoms with van der Waals surface area (Å²) < 4.78 is 5.86. The van der Waals surface area contributed by atoms with Crippen LogP contribution in [0.15, 0.2) is 36.4 Å². The first-order valence-corrected chi connectivity index (χ1v) is 8.03. The first-order valence-electron chi connectivity index (χ1n) is 6.84. The van der Waals surface area contributed by atoms with E-state index in [0.29, 0.717) is 5.02 Å². The van der Waals surface area contributed by atoms with Crippen molar-refractivity contribution in [1.29, 1.82) is 0 Å². The van der Waals surface area contributed by atoms with E-state index >= 15 is 0 Å². The lowest BCUT2D eigenvalue weighted by atomic mass is 10.1. The van der Waals surface area contributed by atoms with Crippen LogP contribution in [0.25, 0.3) is 0 Å². The second-order valence-electron chi connectivity index (χ2n) is 4.87. The maximum Gasteiger partial charge on any atom is 0.121 e. The fraction of sp³-hybridized carbons (Fsp3) is 0.375. The number of hydrogen-bond acceptors (Lipinski definition) is 3. The van der Waals surface area contributed by atoms with Gasteiger partial charge < -0.3 is 10.5 Å². The van der Waals surface area contributed by atoms with E-state index in [1.54, 1.807) is 0 Å². The number of benzene rings is 1. The molecule has 0 spiro atoms. The minimum Gasteiger partial charge on any atom is -0.489 e. The van der Waals surface area contributed by atoms with Crippen LogP contribution in [-0.2, 0) is 12.8 Å². The van der Waals surface area contributed by atoms with Gasteiger partial charge in [-0.1, -0.05) is 24.6 Å². The van der Waals surface area contributed by atoms with Gasteiger partial charge in [0, 0.05) is 27.2 Å². The molecule has 2 nitrogen and oxygen atoms in total. The van der Waals surface area contributed by atoms with Crippen LogP contribution in [0, 0.1) is 0 Å². The Morgan fingerprint density at radius 1 is 1.25 bits per heavy atom. The summed E-state index contributed by atoms with van der Waals surface area (Å²) >= 11 is 7.78. The van der Waals surface area contributed by atoms with E-state index < -0.39 is 0 Å². The van der Waals surface area contributed by atoms with Gasteiger partial charge in [-0.05, 0) is 43.7 Å². The highest BCUT2D eigenvalue weighted by Gasteiger charge is 2.16. The monoisotopic (exact) mass is 309 g/mol. The Morgan fingerprint density at radius 2 is 2.00 bits per heavy atom. The maximum absolute atomic E-state index is 6.23. The zero-order valence-electron chi connectivity index (χ0n) is 11.8. The Bertz CT molecular complexity index is 555. The predicted molar refractivity (Wildman–Crippen MR) is 86.9 cm³/mol. The summed E-state index contributed by atoms with van der Waals surface area (Å²) in [7, 11) is 0. The molecule has 2 rings (SSSR count). The highest BCUT2D eigenvalue weighted by Crippen LogP contribution is 2.21. The van der Waals surface area contributed by atoms with Crippen molar-refractivity contribution in [3.63, 3.8) is 0 Å². The summed E-state index contributed by atoms with van der Waals surface area (Å²) in [6, 6.07) is 11.7. The summed E-state index contributed by atoms with van der Waals surface area (Å²) in [5, 5.41) is 0.675. The Morgan fingerprint density at radius 3 is 2.65 bits per heavy atom. The average molecular weight is 310 g/mol. The molecule has 2 aromatic rings. The number of nitrogens with two attached hydrogens (primary N) is 1. The van der Waals surface area contributed by atoms with Crippen LogP contribution in [0.4, 0.5) is 0 Å². The van der Waals surface area contributed by atoms with Crippen molar-refractivity contribution in [1.82, 2.24) is 0 Å². The topological polar surface area (TPSA) is 35.2 Å². The molecule has 0 bridgehead atoms. The third-order valence-electron chi connectivity index (χ3n) is 3.22. The van der Waals surface area contributed by atoms with Gasteiger partial charge in [-0.15, -0.1) is 11.3 Å². The van der Waals surface area contributed by atoms with Gasteiger partial charge >= 0.3 is 0 Å². The number of rotatable bonds is 6. The molecule has 108 valence electrons. The smallest absolute Gasteiger partial charge is 0.121 e. The normalized spacial score (nSPS) is 14.0. The molecule has 4 heteroatoms. The lowest BCUT2D eigenvalue weighted by Crippen LogP contribution is -2.38. The largest absolute Gasteiger partial charge is 0.489 e. The third-order valence-corrected chi connectivity index (χ3v) is 4.71. The fourth-order valence-corrected chi connectivity index (χ4v) is 3.17. The van der Waals surface area contributed by atoms with Crippen LogP contribution in [-0.4, -0.2) is 12.1 Å². The van der Waals surface area contributed by atoms with Crippen molar-refractivity contribution in [3.05, 3.63) is 51.2 Å². The Labute approximate surface area is 129 Å². The van der Waals surface area contributed by atoms with Gasteiger partial charge in [0.2, 0.25) is 0 Å². The molecule has 1 heterocycles. The number of hydrogen-bond donors (Lipinski definition) is 1. The molecule has 2 unspecified atom stereocenters. The van der Waals surface area contributed by atoms with Crippen LogP contribution >= 0.6 is 22.9 Å². The van der Waals surface area contributed by atoms with E-state index in [-0.39, 0.29) is 12.1 Å². The summed E-state index contributed by atoms with van der Waals surface area (Å²) in [5.41, 5.74) is 6.23. The molecule has 2 atom stereocenters. The van der Waals surface area contributed by atoms with Gasteiger partial charge in [0.25, 0.3) is 0 Å². The van der Waals surface area contributed by atoms with Crippen LogP contribution in [0.5, 0.6) is 5.75 Å². The van der Waals surface area contributed by atoms with Gasteiger partial charge in [0.05, 0.1) is 0 Å². The second kappa shape index (κ2) is 7.11. The first-order chi connectivity index (χ1) is 9.58. The van der Waals surface area contributed by atoms with Crippen molar-refractivity contribution in [2.45, 2.75) is 38.8 Å². The first kappa shape index (κ1) is 15.4. The minimum atomic E-state index is -0.0550. The van der Waals surface area contributed by atoms with E-state index in [1.165, 1.54) is 9.75 Å². The molecule has 1 aromatic carbocycles. The standard InChI is InChI=1S/C16H20ClNOS/c1-3-14-7-8-15(20-14)10-16(18)11(2)19-13-6-4-5-12(17)9-13/h4-9,11,16H,3,10,18H2,1-2H3. The highest BCUT2D eigenvalue weighted by molar-refractivity contribution is 7.11. The molecule has 0 aliphatic heterocycles. The molecule has 20 heavy (non-hydrogen) atoms. The van der Waals surface area contributed by atoms with Crippen molar-refractivity contribution in [2.24, 2.45) is 5.73 Å². The van der Waals surface area contributed by atoms with E-state index in [2.05, 4.69) is 19.1 Å². The molecule has 1 aromatic heterocycles. The maximum atomic E-state index is 6.23. The van der Waals surface area contributed by atoms with Crippen molar-refractivity contribution < 1.29 is 4.74 Å². The Kier molecular flexibility index (Phi) is 5.46. The fourth-order valence-electron chi connectivity index (χ4n) is 1.96. The number of ether oxygens (including phenoxy) is 1. The lowest BCUT2D eigenvalue weighted by molar-refractivity contribution is 0.189. The van der Waals surface area contributed by atoms with Crippen molar-refractivity contribution in [3.8, 4) is 5.75 Å². The van der Waals surface area contributed by atoms with Crippen LogP contribution in [0.1, 0.15) is 23.6 Å². The molecule has 0 amide bonds.